The van der Waals surface area contributed by atoms with E-state index in [1.54, 1.807) is 0 Å². The molecule has 1 saturated carbocycles. The van der Waals surface area contributed by atoms with Gasteiger partial charge < -0.3 is 5.11 Å². The van der Waals surface area contributed by atoms with Crippen LogP contribution in [-0.4, -0.2) is 5.11 Å². The van der Waals surface area contributed by atoms with Crippen molar-refractivity contribution in [3.63, 3.8) is 0 Å². The van der Waals surface area contributed by atoms with E-state index in [0.717, 1.165) is 5.56 Å². The Morgan fingerprint density at radius 3 is 2.06 bits per heavy atom. The summed E-state index contributed by atoms with van der Waals surface area (Å²) in [6, 6.07) is 10.0. The van der Waals surface area contributed by atoms with E-state index in [2.05, 4.69) is 0 Å². The van der Waals surface area contributed by atoms with Crippen molar-refractivity contribution in [1.29, 1.82) is 0 Å². The Labute approximate surface area is 99.5 Å². The third-order valence-electron chi connectivity index (χ3n) is 3.51. The van der Waals surface area contributed by atoms with Gasteiger partial charge in [0.05, 0.1) is 5.60 Å². The summed E-state index contributed by atoms with van der Waals surface area (Å²) in [5.74, 6) is 0.449. The maximum atomic E-state index is 10.5. The van der Waals surface area contributed by atoms with Crippen LogP contribution in [-0.2, 0) is 5.60 Å². The first-order chi connectivity index (χ1) is 7.71. The van der Waals surface area contributed by atoms with Crippen LogP contribution in [0.1, 0.15) is 52.0 Å². The molecule has 0 spiro atoms. The fraction of sp³-hybridized carbons (Fsp3) is 0.600. The van der Waals surface area contributed by atoms with Crippen LogP contribution < -0.4 is 0 Å². The normalized spacial score (nSPS) is 19.8. The molecule has 1 unspecified atom stereocenters. The van der Waals surface area contributed by atoms with Gasteiger partial charge in [-0.3, -0.25) is 0 Å². The largest absolute Gasteiger partial charge is 0.385 e. The molecule has 1 atom stereocenters. The molecule has 16 heavy (non-hydrogen) atoms. The molecule has 1 aliphatic carbocycles. The number of benzene rings is 1. The van der Waals surface area contributed by atoms with Gasteiger partial charge in [0.1, 0.15) is 0 Å². The molecular weight excluding hydrogens is 196 g/mol. The third-order valence-corrected chi connectivity index (χ3v) is 3.51. The van der Waals surface area contributed by atoms with Crippen LogP contribution >= 0.6 is 0 Å². The zero-order valence-corrected chi connectivity index (χ0v) is 10.7. The van der Waals surface area contributed by atoms with E-state index < -0.39 is 5.60 Å². The summed E-state index contributed by atoms with van der Waals surface area (Å²) in [7, 11) is 0. The minimum atomic E-state index is -0.627. The highest BCUT2D eigenvalue weighted by molar-refractivity contribution is 5.22. The van der Waals surface area contributed by atoms with Crippen LogP contribution in [0.3, 0.4) is 0 Å². The fourth-order valence-electron chi connectivity index (χ4n) is 2.50. The molecule has 1 heteroatoms. The predicted molar refractivity (Wildman–Crippen MR) is 69.3 cm³/mol. The number of hydrogen-bond acceptors (Lipinski definition) is 1. The van der Waals surface area contributed by atoms with E-state index >= 15 is 0 Å². The van der Waals surface area contributed by atoms with Crippen LogP contribution in [0, 0.1) is 5.92 Å². The van der Waals surface area contributed by atoms with Crippen molar-refractivity contribution in [2.24, 2.45) is 5.92 Å². The topological polar surface area (TPSA) is 20.2 Å². The lowest BCUT2D eigenvalue weighted by atomic mass is 9.82. The van der Waals surface area contributed by atoms with Gasteiger partial charge in [0.25, 0.3) is 0 Å². The Balaban J connectivity index is 0.000000606. The summed E-state index contributed by atoms with van der Waals surface area (Å²) in [5, 5.41) is 10.5. The lowest BCUT2D eigenvalue weighted by molar-refractivity contribution is -0.00332. The van der Waals surface area contributed by atoms with Gasteiger partial charge in [-0.05, 0) is 31.2 Å². The molecule has 0 aromatic heterocycles. The van der Waals surface area contributed by atoms with Gasteiger partial charge in [-0.15, -0.1) is 0 Å². The molecule has 0 aliphatic heterocycles. The Morgan fingerprint density at radius 1 is 1.06 bits per heavy atom. The molecule has 2 rings (SSSR count). The molecular formula is C15H24O. The Hall–Kier alpha value is -0.820. The molecule has 1 aromatic carbocycles. The summed E-state index contributed by atoms with van der Waals surface area (Å²) in [6.07, 6.45) is 4.88. The van der Waals surface area contributed by atoms with Gasteiger partial charge in [-0.1, -0.05) is 57.0 Å². The van der Waals surface area contributed by atoms with Crippen molar-refractivity contribution in [3.05, 3.63) is 35.9 Å². The van der Waals surface area contributed by atoms with E-state index in [1.165, 1.54) is 25.7 Å². The van der Waals surface area contributed by atoms with Crippen LogP contribution in [0.2, 0.25) is 0 Å². The van der Waals surface area contributed by atoms with Crippen LogP contribution in [0.5, 0.6) is 0 Å². The predicted octanol–water partition coefficient (Wildman–Crippen LogP) is 4.11. The Bertz CT molecular complexity index is 284. The maximum Gasteiger partial charge on any atom is 0.0896 e. The second-order valence-electron chi connectivity index (χ2n) is 4.49. The molecule has 0 amide bonds. The first-order valence-electron chi connectivity index (χ1n) is 6.49. The van der Waals surface area contributed by atoms with Gasteiger partial charge in [-0.25, -0.2) is 0 Å². The Morgan fingerprint density at radius 2 is 1.56 bits per heavy atom. The summed E-state index contributed by atoms with van der Waals surface area (Å²) in [4.78, 5) is 0. The van der Waals surface area contributed by atoms with Gasteiger partial charge >= 0.3 is 0 Å². The SMILES string of the molecule is CC.CC(O)(c1ccccc1)C1CCCC1. The first-order valence-corrected chi connectivity index (χ1v) is 6.49. The molecule has 1 nitrogen and oxygen atoms in total. The molecule has 0 saturated heterocycles. The van der Waals surface area contributed by atoms with Crippen molar-refractivity contribution in [2.45, 2.75) is 52.1 Å². The average molecular weight is 220 g/mol. The lowest BCUT2D eigenvalue weighted by Gasteiger charge is -2.30. The quantitative estimate of drug-likeness (QED) is 0.795. The van der Waals surface area contributed by atoms with Crippen molar-refractivity contribution >= 4 is 0 Å². The highest BCUT2D eigenvalue weighted by Crippen LogP contribution is 2.39. The summed E-state index contributed by atoms with van der Waals surface area (Å²) in [5.41, 5.74) is 0.435. The molecule has 1 N–H and O–H groups in total. The standard InChI is InChI=1S/C13H18O.C2H6/c1-13(14,12-9-5-6-10-12)11-7-3-2-4-8-11;1-2/h2-4,7-8,12,14H,5-6,9-10H2,1H3;1-2H3. The summed E-state index contributed by atoms with van der Waals surface area (Å²) in [6.45, 7) is 5.96. The van der Waals surface area contributed by atoms with Gasteiger partial charge in [-0.2, -0.15) is 0 Å². The van der Waals surface area contributed by atoms with E-state index in [9.17, 15) is 5.11 Å². The highest BCUT2D eigenvalue weighted by Gasteiger charge is 2.35. The van der Waals surface area contributed by atoms with Crippen molar-refractivity contribution < 1.29 is 5.11 Å². The van der Waals surface area contributed by atoms with E-state index in [0.29, 0.717) is 5.92 Å². The first kappa shape index (κ1) is 13.2. The molecule has 0 heterocycles. The van der Waals surface area contributed by atoms with Crippen molar-refractivity contribution in [2.75, 3.05) is 0 Å². The van der Waals surface area contributed by atoms with Gasteiger partial charge in [0.15, 0.2) is 0 Å². The van der Waals surface area contributed by atoms with E-state index in [4.69, 9.17) is 0 Å². The highest BCUT2D eigenvalue weighted by atomic mass is 16.3. The second kappa shape index (κ2) is 6.05. The summed E-state index contributed by atoms with van der Waals surface area (Å²) < 4.78 is 0. The van der Waals surface area contributed by atoms with Crippen molar-refractivity contribution in [1.82, 2.24) is 0 Å². The third kappa shape index (κ3) is 2.85. The number of aliphatic hydroxyl groups is 1. The molecule has 0 radical (unpaired) electrons. The van der Waals surface area contributed by atoms with Crippen LogP contribution in [0.4, 0.5) is 0 Å². The van der Waals surface area contributed by atoms with Crippen LogP contribution in [0.25, 0.3) is 0 Å². The molecule has 90 valence electrons. The van der Waals surface area contributed by atoms with Crippen LogP contribution in [0.15, 0.2) is 30.3 Å². The summed E-state index contributed by atoms with van der Waals surface area (Å²) >= 11 is 0. The fourth-order valence-corrected chi connectivity index (χ4v) is 2.50. The lowest BCUT2D eigenvalue weighted by Crippen LogP contribution is -2.29. The zero-order chi connectivity index (χ0) is 12.0. The smallest absolute Gasteiger partial charge is 0.0896 e. The monoisotopic (exact) mass is 220 g/mol. The zero-order valence-electron chi connectivity index (χ0n) is 10.7. The molecule has 1 fully saturated rings. The van der Waals surface area contributed by atoms with E-state index in [1.807, 2.05) is 51.1 Å². The molecule has 0 bridgehead atoms. The second-order valence-corrected chi connectivity index (χ2v) is 4.49. The molecule has 1 aromatic rings. The van der Waals surface area contributed by atoms with Gasteiger partial charge in [0, 0.05) is 0 Å². The Kier molecular flexibility index (Phi) is 5.01. The van der Waals surface area contributed by atoms with Gasteiger partial charge in [0.2, 0.25) is 0 Å². The number of rotatable bonds is 2. The minimum Gasteiger partial charge on any atom is -0.385 e. The average Bonchev–Trinajstić information content (AvgIpc) is 2.87. The minimum absolute atomic E-state index is 0.449. The van der Waals surface area contributed by atoms with Crippen molar-refractivity contribution in [3.8, 4) is 0 Å². The molecule has 1 aliphatic rings. The number of hydrogen-bond donors (Lipinski definition) is 1. The maximum absolute atomic E-state index is 10.5. The van der Waals surface area contributed by atoms with E-state index in [-0.39, 0.29) is 0 Å².